The van der Waals surface area contributed by atoms with Gasteiger partial charge < -0.3 is 45.1 Å². The van der Waals surface area contributed by atoms with Crippen LogP contribution >= 0.6 is 0 Å². The highest BCUT2D eigenvalue weighted by atomic mass is 16.3. The summed E-state index contributed by atoms with van der Waals surface area (Å²) in [6.07, 6.45) is 27.5. The molecule has 0 saturated heterocycles. The Balaban J connectivity index is 0.000000135. The normalized spacial score (nSPS) is 16.9. The zero-order valence-corrected chi connectivity index (χ0v) is 72.6. The molecule has 8 atom stereocenters. The van der Waals surface area contributed by atoms with Gasteiger partial charge in [-0.25, -0.2) is 18.7 Å². The summed E-state index contributed by atoms with van der Waals surface area (Å²) in [6.45, 7) is 6.24. The number of hydrogen-bond acceptors (Lipinski definition) is 21. The van der Waals surface area contributed by atoms with E-state index < -0.39 is 117 Å². The lowest BCUT2D eigenvalue weighted by Crippen LogP contribution is -2.46. The summed E-state index contributed by atoms with van der Waals surface area (Å²) in [6, 6.07) is 34.9. The lowest BCUT2D eigenvalue weighted by Gasteiger charge is -2.37. The van der Waals surface area contributed by atoms with Crippen molar-refractivity contribution in [3.05, 3.63) is 302 Å². The van der Waals surface area contributed by atoms with Crippen LogP contribution in [0.25, 0.3) is 0 Å². The Hall–Kier alpha value is -17.2. The Bertz CT molecular complexity index is 7140. The van der Waals surface area contributed by atoms with E-state index in [-0.39, 0.29) is 42.5 Å². The smallest absolute Gasteiger partial charge is 0.275 e. The molecule has 0 radical (unpaired) electrons. The Morgan fingerprint density at radius 1 is 0.364 bits per heavy atom. The number of aromatic hydroxyl groups is 4. The third-order valence-electron chi connectivity index (χ3n) is 22.8. The molecule has 33 heteroatoms. The van der Waals surface area contributed by atoms with Crippen LogP contribution in [0.2, 0.25) is 0 Å². The van der Waals surface area contributed by atoms with Gasteiger partial charge in [-0.15, -0.1) is 18.8 Å². The van der Waals surface area contributed by atoms with Gasteiger partial charge in [0.25, 0.3) is 23.6 Å². The van der Waals surface area contributed by atoms with Gasteiger partial charge in [0, 0.05) is 97.4 Å². The second-order valence-electron chi connectivity index (χ2n) is 31.8. The largest absolute Gasteiger partial charge is 0.502 e. The van der Waals surface area contributed by atoms with Gasteiger partial charge in [-0.2, -0.15) is 40.8 Å². The zero-order valence-electron chi connectivity index (χ0n) is 72.6. The fraction of sp³-hybridized carbons (Fsp3) is 0.273. The molecule has 2 saturated carbocycles. The molecule has 0 spiro atoms. The maximum absolute atomic E-state index is 12.9. The molecule has 8 unspecified atom stereocenters. The molecule has 5 N–H and O–H groups in total. The van der Waals surface area contributed by atoms with Crippen LogP contribution in [0.15, 0.2) is 190 Å². The summed E-state index contributed by atoms with van der Waals surface area (Å²) in [5.74, 6) is 38.0. The number of amides is 4. The van der Waals surface area contributed by atoms with Crippen LogP contribution in [-0.4, -0.2) is 208 Å². The van der Waals surface area contributed by atoms with Crippen molar-refractivity contribution in [1.29, 1.82) is 0 Å². The number of carbonyl (C=O) groups is 4. The van der Waals surface area contributed by atoms with Crippen molar-refractivity contribution in [2.45, 2.75) is 101 Å². The van der Waals surface area contributed by atoms with Crippen molar-refractivity contribution >= 4 is 23.6 Å². The van der Waals surface area contributed by atoms with E-state index in [1.54, 1.807) is 68.5 Å². The van der Waals surface area contributed by atoms with Gasteiger partial charge in [0.1, 0.15) is 30.8 Å². The van der Waals surface area contributed by atoms with Crippen molar-refractivity contribution in [1.82, 2.24) is 97.8 Å². The molecule has 8 aromatic heterocycles. The van der Waals surface area contributed by atoms with Crippen LogP contribution in [0.1, 0.15) is 210 Å². The number of carbonyl (C=O) groups excluding carboxylic acids is 4. The molecule has 2 aliphatic carbocycles. The summed E-state index contributed by atoms with van der Waals surface area (Å²) in [4.78, 5) is 105. The average Bonchev–Trinajstić information content (AvgIpc) is 1.000. The molecule has 12 aromatic rings. The fourth-order valence-electron chi connectivity index (χ4n) is 16.1. The van der Waals surface area contributed by atoms with Gasteiger partial charge in [-0.3, -0.25) is 57.1 Å². The van der Waals surface area contributed by atoms with Crippen LogP contribution in [0.3, 0.4) is 0 Å². The molecule has 132 heavy (non-hydrogen) atoms. The molecule has 6 aliphatic rings. The van der Waals surface area contributed by atoms with Crippen LogP contribution in [0, 0.1) is 108 Å². The first kappa shape index (κ1) is 89.6. The third-order valence-corrected chi connectivity index (χ3v) is 22.8. The highest BCUT2D eigenvalue weighted by Crippen LogP contribution is 2.42. The molecule has 33 nitrogen and oxygen atoms in total. The first-order valence-electron chi connectivity index (χ1n) is 42.1. The summed E-state index contributed by atoms with van der Waals surface area (Å²) >= 11 is 0. The summed E-state index contributed by atoms with van der Waals surface area (Å²) in [5, 5.41) is 86.4. The number of nitrogens with zero attached hydrogens (tertiary/aromatic N) is 20. The zero-order chi connectivity index (χ0) is 93.3. The van der Waals surface area contributed by atoms with Crippen LogP contribution in [0.4, 0.5) is 0 Å². The molecule has 4 amide bonds. The second kappa shape index (κ2) is 38.9. The van der Waals surface area contributed by atoms with E-state index in [4.69, 9.17) is 28.2 Å². The van der Waals surface area contributed by atoms with Gasteiger partial charge in [0.15, 0.2) is 68.5 Å². The minimum atomic E-state index is -0.720. The lowest BCUT2D eigenvalue weighted by atomic mass is 9.97. The third kappa shape index (κ3) is 18.4. The number of fused-ring (bicyclic) bond motifs is 4. The molecule has 18 rings (SSSR count). The number of aliphatic hydroxyl groups excluding tert-OH is 1. The second-order valence-corrected chi connectivity index (χ2v) is 31.8. The number of aromatic nitrogens is 16. The molecular weight excluding hydrogens is 1680 g/mol. The van der Waals surface area contributed by atoms with Gasteiger partial charge in [0.05, 0.1) is 71.2 Å². The predicted octanol–water partition coefficient (Wildman–Crippen LogP) is 6.58. The maximum Gasteiger partial charge on any atom is 0.275 e. The minimum absolute atomic E-state index is 0.114. The SMILES string of the molecule is C#Cc1cn(C(c2ccccc2)C2CN(C)C(=O)c3c(O)c(=O)cnn32)nc1C#C.CC#Cc1cn(C(c2ccccc2)C2CN(C)C(=O)c3c(O)c(=O)cnn32)nc1C#CC.CCC#Cc1cn(C(c2ccccc2)C2CN(C)C(=O)c3c(O)c(=O)cnn32)nc1C#CCO.CN1CC(C(c2ccccc2)n2cc(C#CC3CC3)c(C#CC3CC3)n2)n2ncc(=O)c(O)c2C1=O. The van der Waals surface area contributed by atoms with Gasteiger partial charge >= 0.3 is 0 Å². The summed E-state index contributed by atoms with van der Waals surface area (Å²) in [5.41, 5.74) is 4.72. The number of terminal acetylenes is 2. The molecule has 4 aliphatic heterocycles. The highest BCUT2D eigenvalue weighted by molar-refractivity contribution is 5.97. The monoisotopic (exact) mass is 1760 g/mol. The Morgan fingerprint density at radius 2 is 0.652 bits per heavy atom. The van der Waals surface area contributed by atoms with E-state index >= 15 is 0 Å². The molecule has 4 aromatic carbocycles. The van der Waals surface area contributed by atoms with E-state index in [1.165, 1.54) is 38.3 Å². The quantitative estimate of drug-likeness (QED) is 0.0806. The average molecular weight is 1760 g/mol. The first-order valence-corrected chi connectivity index (χ1v) is 42.1. The number of likely N-dealkylation sites (N-methyl/N-ethyl adjacent to an activating group) is 4. The highest BCUT2D eigenvalue weighted by Gasteiger charge is 2.45. The Kier molecular flexibility index (Phi) is 26.4. The van der Waals surface area contributed by atoms with Gasteiger partial charge in [-0.05, 0) is 85.5 Å². The number of aliphatic hydroxyl groups is 1. The van der Waals surface area contributed by atoms with Crippen molar-refractivity contribution in [2.24, 2.45) is 11.8 Å². The van der Waals surface area contributed by atoms with E-state index in [0.29, 0.717) is 70.8 Å². The topological polar surface area (TPSA) is 393 Å². The molecule has 12 heterocycles. The van der Waals surface area contributed by atoms with E-state index in [1.807, 2.05) is 145 Å². The predicted molar refractivity (Wildman–Crippen MR) is 483 cm³/mol. The maximum atomic E-state index is 12.9. The first-order chi connectivity index (χ1) is 63.9. The number of benzene rings is 4. The van der Waals surface area contributed by atoms with E-state index in [9.17, 15) is 58.8 Å². The number of rotatable bonds is 12. The molecule has 660 valence electrons. The van der Waals surface area contributed by atoms with Crippen LogP contribution in [0.5, 0.6) is 23.0 Å². The van der Waals surface area contributed by atoms with Crippen molar-refractivity contribution in [2.75, 3.05) is 61.0 Å². The number of hydrogen-bond donors (Lipinski definition) is 5. The Labute approximate surface area is 756 Å². The van der Waals surface area contributed by atoms with Crippen molar-refractivity contribution in [3.8, 4) is 119 Å². The summed E-state index contributed by atoms with van der Waals surface area (Å²) in [7, 11) is 6.49. The van der Waals surface area contributed by atoms with Crippen LogP contribution in [-0.2, 0) is 0 Å². The van der Waals surface area contributed by atoms with Crippen molar-refractivity contribution < 1.29 is 44.7 Å². The summed E-state index contributed by atoms with van der Waals surface area (Å²) < 4.78 is 12.6. The standard InChI is InChI=1S/C28H25N5O3.C25H23N5O4.C24H21N5O3.C22H17N5O3/c1-31-17-23(33-26(28(31)36)27(35)24(34)15-29-33)25(20-5-3-2-4-6-20)32-16-21(13-11-18-7-8-18)22(30-32)14-12-19-9-10-19;1-3-4-9-18-15-29(27-19(18)12-8-13-31)22(17-10-6-5-7-11-17)20-16-28(2)25(34)23-24(33)21(32)14-26-30(20)23;1-4-9-17-14-28(26-18(17)10-5-2)21(16-11-7-6-8-12-16)19-15-27(3)24(32)22-23(31)20(30)13-25-29(19)22;1-4-14-12-26(24-16(14)5-2)19(15-9-7-6-8-10-15)17-13-25(3)22(30)20-21(29)18(28)11-23-27(17)20/h2-6,15-16,18-19,23,25,35H,7-10,17H2,1H3;5-7,10-11,14-15,20,22,31,33H,3,13,16H2,1-2H3;6-8,11-14,19,21,31H,15H2,1-3H3;1-2,6-12,17,19,29H,13H2,3H3. The fourth-order valence-corrected chi connectivity index (χ4v) is 16.1. The molecule has 2 fully saturated rings. The van der Waals surface area contributed by atoms with E-state index in [0.717, 1.165) is 78.3 Å². The van der Waals surface area contributed by atoms with Gasteiger partial charge in [-0.1, -0.05) is 182 Å². The molecule has 0 bridgehead atoms. The lowest BCUT2D eigenvalue weighted by molar-refractivity contribution is 0.0660. The minimum Gasteiger partial charge on any atom is -0.502 e. The van der Waals surface area contributed by atoms with Crippen LogP contribution < -0.4 is 21.7 Å². The van der Waals surface area contributed by atoms with Gasteiger partial charge in [0.2, 0.25) is 21.7 Å². The Morgan fingerprint density at radius 3 is 0.939 bits per heavy atom. The van der Waals surface area contributed by atoms with E-state index in [2.05, 4.69) is 113 Å². The van der Waals surface area contributed by atoms with Crippen molar-refractivity contribution in [3.63, 3.8) is 0 Å². The molecular formula is C99H86N20O13.